The summed E-state index contributed by atoms with van der Waals surface area (Å²) >= 11 is 0. The molecule has 0 saturated heterocycles. The van der Waals surface area contributed by atoms with E-state index < -0.39 is 0 Å². The Balaban J connectivity index is 1.57. The first-order valence-electron chi connectivity index (χ1n) is 8.38. The Bertz CT molecular complexity index is 796. The van der Waals surface area contributed by atoms with Gasteiger partial charge in [0, 0.05) is 30.7 Å². The molecule has 1 fully saturated rings. The number of benzene rings is 1. The highest BCUT2D eigenvalue weighted by Gasteiger charge is 2.23. The van der Waals surface area contributed by atoms with Gasteiger partial charge in [-0.25, -0.2) is 0 Å². The van der Waals surface area contributed by atoms with Gasteiger partial charge in [-0.15, -0.1) is 0 Å². The van der Waals surface area contributed by atoms with Crippen LogP contribution in [0.1, 0.15) is 35.7 Å². The second-order valence-electron chi connectivity index (χ2n) is 6.28. The minimum absolute atomic E-state index is 0.110. The van der Waals surface area contributed by atoms with Crippen molar-refractivity contribution in [3.63, 3.8) is 0 Å². The third kappa shape index (κ3) is 5.01. The SMILES string of the molecule is C/C(=C\C(=O)Nc1cccc(CNC(=O)c2cccnc2)c1)C1CC1. The van der Waals surface area contributed by atoms with E-state index in [1.165, 1.54) is 19.0 Å². The zero-order valence-corrected chi connectivity index (χ0v) is 14.2. The average Bonchev–Trinajstić information content (AvgIpc) is 3.46. The van der Waals surface area contributed by atoms with Gasteiger partial charge >= 0.3 is 0 Å². The summed E-state index contributed by atoms with van der Waals surface area (Å²) in [5.41, 5.74) is 3.29. The molecule has 2 N–H and O–H groups in total. The Labute approximate surface area is 147 Å². The summed E-state index contributed by atoms with van der Waals surface area (Å²) in [5, 5.41) is 5.72. The lowest BCUT2D eigenvalue weighted by Crippen LogP contribution is -2.22. The van der Waals surface area contributed by atoms with E-state index in [1.54, 1.807) is 24.4 Å². The van der Waals surface area contributed by atoms with Crippen LogP contribution < -0.4 is 10.6 Å². The quantitative estimate of drug-likeness (QED) is 0.796. The molecule has 2 aromatic rings. The van der Waals surface area contributed by atoms with Gasteiger partial charge in [0.05, 0.1) is 5.56 Å². The van der Waals surface area contributed by atoms with Crippen LogP contribution in [0.5, 0.6) is 0 Å². The first kappa shape index (κ1) is 16.9. The predicted molar refractivity (Wildman–Crippen MR) is 97.0 cm³/mol. The monoisotopic (exact) mass is 335 g/mol. The van der Waals surface area contributed by atoms with Crippen molar-refractivity contribution < 1.29 is 9.59 Å². The molecule has 1 aliphatic carbocycles. The van der Waals surface area contributed by atoms with Gasteiger partial charge in [-0.2, -0.15) is 0 Å². The number of hydrogen-bond acceptors (Lipinski definition) is 3. The number of nitrogens with one attached hydrogen (secondary N) is 2. The van der Waals surface area contributed by atoms with Gasteiger partial charge in [0.15, 0.2) is 0 Å². The van der Waals surface area contributed by atoms with E-state index in [-0.39, 0.29) is 11.8 Å². The largest absolute Gasteiger partial charge is 0.348 e. The summed E-state index contributed by atoms with van der Waals surface area (Å²) in [5.74, 6) is 0.297. The number of pyridine rings is 1. The Morgan fingerprint density at radius 2 is 2.08 bits per heavy atom. The van der Waals surface area contributed by atoms with E-state index in [0.29, 0.717) is 18.0 Å². The van der Waals surface area contributed by atoms with Gasteiger partial charge in [-0.05, 0) is 55.5 Å². The number of anilines is 1. The van der Waals surface area contributed by atoms with Gasteiger partial charge in [0.2, 0.25) is 5.91 Å². The molecule has 1 heterocycles. The zero-order valence-electron chi connectivity index (χ0n) is 14.2. The van der Waals surface area contributed by atoms with Crippen LogP contribution in [-0.2, 0) is 11.3 Å². The molecule has 1 saturated carbocycles. The smallest absolute Gasteiger partial charge is 0.253 e. The number of carbonyl (C=O) groups excluding carboxylic acids is 2. The number of hydrogen-bond donors (Lipinski definition) is 2. The fourth-order valence-electron chi connectivity index (χ4n) is 2.58. The van der Waals surface area contributed by atoms with Gasteiger partial charge in [0.25, 0.3) is 5.91 Å². The summed E-state index contributed by atoms with van der Waals surface area (Å²) < 4.78 is 0. The Morgan fingerprint density at radius 3 is 2.80 bits per heavy atom. The third-order valence-electron chi connectivity index (χ3n) is 4.15. The van der Waals surface area contributed by atoms with Crippen LogP contribution >= 0.6 is 0 Å². The Kier molecular flexibility index (Phi) is 5.23. The molecule has 128 valence electrons. The number of allylic oxidation sites excluding steroid dienone is 1. The maximum absolute atomic E-state index is 12.1. The molecule has 3 rings (SSSR count). The van der Waals surface area contributed by atoms with Crippen LogP contribution in [-0.4, -0.2) is 16.8 Å². The second kappa shape index (κ2) is 7.75. The number of rotatable bonds is 6. The van der Waals surface area contributed by atoms with Gasteiger partial charge < -0.3 is 10.6 Å². The van der Waals surface area contributed by atoms with Crippen molar-refractivity contribution >= 4 is 17.5 Å². The topological polar surface area (TPSA) is 71.1 Å². The van der Waals surface area contributed by atoms with E-state index in [9.17, 15) is 9.59 Å². The van der Waals surface area contributed by atoms with Crippen molar-refractivity contribution in [2.45, 2.75) is 26.3 Å². The molecule has 5 heteroatoms. The highest BCUT2D eigenvalue weighted by Crippen LogP contribution is 2.35. The highest BCUT2D eigenvalue weighted by molar-refractivity contribution is 5.99. The van der Waals surface area contributed by atoms with Crippen molar-refractivity contribution in [2.75, 3.05) is 5.32 Å². The lowest BCUT2D eigenvalue weighted by Gasteiger charge is -2.08. The molecule has 2 amide bonds. The zero-order chi connectivity index (χ0) is 17.6. The third-order valence-corrected chi connectivity index (χ3v) is 4.15. The molecule has 0 unspecified atom stereocenters. The molecule has 0 atom stereocenters. The summed E-state index contributed by atoms with van der Waals surface area (Å²) in [7, 11) is 0. The molecule has 0 bridgehead atoms. The Hall–Kier alpha value is -2.95. The minimum atomic E-state index is -0.175. The summed E-state index contributed by atoms with van der Waals surface area (Å²) in [6.07, 6.45) is 7.20. The van der Waals surface area contributed by atoms with Gasteiger partial charge in [-0.1, -0.05) is 17.7 Å². The van der Waals surface area contributed by atoms with Crippen molar-refractivity contribution in [1.29, 1.82) is 0 Å². The fraction of sp³-hybridized carbons (Fsp3) is 0.250. The molecular weight excluding hydrogens is 314 g/mol. The lowest BCUT2D eigenvalue weighted by atomic mass is 10.1. The fourth-order valence-corrected chi connectivity index (χ4v) is 2.58. The van der Waals surface area contributed by atoms with E-state index in [4.69, 9.17) is 0 Å². The van der Waals surface area contributed by atoms with Crippen molar-refractivity contribution in [2.24, 2.45) is 5.92 Å². The summed E-state index contributed by atoms with van der Waals surface area (Å²) in [6, 6.07) is 10.9. The standard InChI is InChI=1S/C20H21N3O2/c1-14(16-7-8-16)10-19(24)23-18-6-2-4-15(11-18)12-22-20(25)17-5-3-9-21-13-17/h2-6,9-11,13,16H,7-8,12H2,1H3,(H,22,25)(H,23,24)/b14-10+. The average molecular weight is 335 g/mol. The molecule has 0 radical (unpaired) electrons. The molecule has 1 aromatic heterocycles. The van der Waals surface area contributed by atoms with Crippen molar-refractivity contribution in [3.8, 4) is 0 Å². The second-order valence-corrected chi connectivity index (χ2v) is 6.28. The van der Waals surface area contributed by atoms with E-state index in [1.807, 2.05) is 31.2 Å². The van der Waals surface area contributed by atoms with Crippen LogP contribution in [0.25, 0.3) is 0 Å². The maximum atomic E-state index is 12.1. The van der Waals surface area contributed by atoms with Crippen LogP contribution in [0.2, 0.25) is 0 Å². The minimum Gasteiger partial charge on any atom is -0.348 e. The molecule has 1 aromatic carbocycles. The molecule has 0 spiro atoms. The van der Waals surface area contributed by atoms with Crippen molar-refractivity contribution in [1.82, 2.24) is 10.3 Å². The summed E-state index contributed by atoms with van der Waals surface area (Å²) in [6.45, 7) is 2.38. The summed E-state index contributed by atoms with van der Waals surface area (Å²) in [4.78, 5) is 28.0. The van der Waals surface area contributed by atoms with Crippen LogP contribution in [0.4, 0.5) is 5.69 Å². The highest BCUT2D eigenvalue weighted by atomic mass is 16.2. The van der Waals surface area contributed by atoms with Crippen LogP contribution in [0, 0.1) is 5.92 Å². The molecular formula is C20H21N3O2. The number of aromatic nitrogens is 1. The maximum Gasteiger partial charge on any atom is 0.253 e. The molecule has 1 aliphatic rings. The van der Waals surface area contributed by atoms with E-state index >= 15 is 0 Å². The normalized spacial score (nSPS) is 14.0. The van der Waals surface area contributed by atoms with E-state index in [2.05, 4.69) is 15.6 Å². The molecule has 25 heavy (non-hydrogen) atoms. The van der Waals surface area contributed by atoms with Crippen LogP contribution in [0.3, 0.4) is 0 Å². The van der Waals surface area contributed by atoms with Crippen LogP contribution in [0.15, 0.2) is 60.4 Å². The molecule has 0 aliphatic heterocycles. The van der Waals surface area contributed by atoms with Crippen molar-refractivity contribution in [3.05, 3.63) is 71.6 Å². The van der Waals surface area contributed by atoms with Gasteiger partial charge in [0.1, 0.15) is 0 Å². The lowest BCUT2D eigenvalue weighted by molar-refractivity contribution is -0.112. The predicted octanol–water partition coefficient (Wildman–Crippen LogP) is 3.31. The number of amides is 2. The Morgan fingerprint density at radius 1 is 1.24 bits per heavy atom. The molecule has 5 nitrogen and oxygen atoms in total. The van der Waals surface area contributed by atoms with E-state index in [0.717, 1.165) is 16.8 Å². The van der Waals surface area contributed by atoms with Gasteiger partial charge in [-0.3, -0.25) is 14.6 Å². The number of nitrogens with zero attached hydrogens (tertiary/aromatic N) is 1. The first-order valence-corrected chi connectivity index (χ1v) is 8.38. The first-order chi connectivity index (χ1) is 12.1. The number of carbonyl (C=O) groups is 2.